The molecule has 0 saturated heterocycles. The maximum absolute atomic E-state index is 12.7. The summed E-state index contributed by atoms with van der Waals surface area (Å²) < 4.78 is 0. The average molecular weight is 247 g/mol. The number of hydrogen-bond acceptors (Lipinski definition) is 1. The van der Waals surface area contributed by atoms with Crippen molar-refractivity contribution in [2.24, 2.45) is 0 Å². The zero-order chi connectivity index (χ0) is 12.8. The zero-order valence-corrected chi connectivity index (χ0v) is 10.4. The molecule has 2 aromatic rings. The van der Waals surface area contributed by atoms with Crippen LogP contribution in [0, 0.1) is 0 Å². The lowest BCUT2D eigenvalue weighted by molar-refractivity contribution is 0.0981. The van der Waals surface area contributed by atoms with Gasteiger partial charge in [-0.15, -0.1) is 0 Å². The fourth-order valence-corrected chi connectivity index (χ4v) is 2.97. The number of amides is 1. The van der Waals surface area contributed by atoms with Crippen LogP contribution >= 0.6 is 0 Å². The van der Waals surface area contributed by atoms with Crippen LogP contribution in [0.25, 0.3) is 0 Å². The summed E-state index contributed by atoms with van der Waals surface area (Å²) in [5, 5.41) is 0. The average Bonchev–Trinajstić information content (AvgIpc) is 2.66. The van der Waals surface area contributed by atoms with Gasteiger partial charge in [0.1, 0.15) is 0 Å². The SMILES string of the molecule is O=C(c1ccccc1)N1c2ccccc2C2C=CC21. The summed E-state index contributed by atoms with van der Waals surface area (Å²) in [5.41, 5.74) is 3.06. The van der Waals surface area contributed by atoms with E-state index in [1.54, 1.807) is 0 Å². The summed E-state index contributed by atoms with van der Waals surface area (Å²) in [6.07, 6.45) is 4.30. The van der Waals surface area contributed by atoms with Crippen molar-refractivity contribution in [2.45, 2.75) is 12.0 Å². The Morgan fingerprint density at radius 1 is 0.895 bits per heavy atom. The summed E-state index contributed by atoms with van der Waals surface area (Å²) in [5.74, 6) is 0.466. The molecule has 1 aliphatic carbocycles. The number of rotatable bonds is 1. The second-order valence-electron chi connectivity index (χ2n) is 5.00. The van der Waals surface area contributed by atoms with Gasteiger partial charge in [0.15, 0.2) is 0 Å². The van der Waals surface area contributed by atoms with Gasteiger partial charge in [0, 0.05) is 17.2 Å². The number of para-hydroxylation sites is 1. The molecule has 2 unspecified atom stereocenters. The molecule has 0 aromatic heterocycles. The molecule has 0 bridgehead atoms. The van der Waals surface area contributed by atoms with Crippen LogP contribution in [0.1, 0.15) is 21.8 Å². The van der Waals surface area contributed by atoms with E-state index in [1.165, 1.54) is 5.56 Å². The van der Waals surface area contributed by atoms with E-state index in [-0.39, 0.29) is 11.9 Å². The molecule has 2 aromatic carbocycles. The summed E-state index contributed by atoms with van der Waals surface area (Å²) >= 11 is 0. The second-order valence-corrected chi connectivity index (χ2v) is 5.00. The Balaban J connectivity index is 1.80. The minimum absolute atomic E-state index is 0.0879. The molecule has 2 heteroatoms. The Morgan fingerprint density at radius 3 is 2.37 bits per heavy atom. The highest BCUT2D eigenvalue weighted by molar-refractivity contribution is 6.08. The first kappa shape index (κ1) is 10.6. The van der Waals surface area contributed by atoms with Crippen molar-refractivity contribution in [1.82, 2.24) is 0 Å². The third-order valence-corrected chi connectivity index (χ3v) is 3.98. The Hall–Kier alpha value is -2.35. The lowest BCUT2D eigenvalue weighted by Gasteiger charge is -2.30. The molecule has 0 fully saturated rings. The molecule has 2 nitrogen and oxygen atoms in total. The molecule has 0 N–H and O–H groups in total. The summed E-state index contributed by atoms with van der Waals surface area (Å²) in [6, 6.07) is 17.9. The van der Waals surface area contributed by atoms with Crippen LogP contribution in [0.15, 0.2) is 66.7 Å². The minimum atomic E-state index is 0.0879. The van der Waals surface area contributed by atoms with E-state index in [0.717, 1.165) is 11.3 Å². The van der Waals surface area contributed by atoms with Gasteiger partial charge in [0.2, 0.25) is 0 Å². The highest BCUT2D eigenvalue weighted by atomic mass is 16.2. The van der Waals surface area contributed by atoms with E-state index in [2.05, 4.69) is 18.2 Å². The zero-order valence-electron chi connectivity index (χ0n) is 10.4. The lowest BCUT2D eigenvalue weighted by Crippen LogP contribution is -2.40. The van der Waals surface area contributed by atoms with Gasteiger partial charge in [0.05, 0.1) is 6.04 Å². The Labute approximate surface area is 112 Å². The summed E-state index contributed by atoms with van der Waals surface area (Å²) in [6.45, 7) is 0. The number of benzene rings is 2. The van der Waals surface area contributed by atoms with Crippen molar-refractivity contribution in [2.75, 3.05) is 4.90 Å². The fraction of sp³-hybridized carbons (Fsp3) is 0.118. The van der Waals surface area contributed by atoms with Crippen molar-refractivity contribution >= 4 is 11.6 Å². The predicted molar refractivity (Wildman–Crippen MR) is 75.4 cm³/mol. The molecule has 0 saturated carbocycles. The van der Waals surface area contributed by atoms with Crippen molar-refractivity contribution < 1.29 is 4.79 Å². The highest BCUT2D eigenvalue weighted by Crippen LogP contribution is 2.47. The molecule has 2 atom stereocenters. The summed E-state index contributed by atoms with van der Waals surface area (Å²) in [7, 11) is 0. The molecule has 0 radical (unpaired) electrons. The van der Waals surface area contributed by atoms with Crippen LogP contribution in [0.5, 0.6) is 0 Å². The van der Waals surface area contributed by atoms with E-state index in [9.17, 15) is 4.79 Å². The number of carbonyl (C=O) groups excluding carboxylic acids is 1. The van der Waals surface area contributed by atoms with Gasteiger partial charge in [-0.05, 0) is 23.8 Å². The molecular formula is C17H13NO. The third-order valence-electron chi connectivity index (χ3n) is 3.98. The van der Waals surface area contributed by atoms with Crippen LogP contribution in [-0.4, -0.2) is 11.9 Å². The largest absolute Gasteiger partial charge is 0.300 e. The van der Waals surface area contributed by atoms with Gasteiger partial charge in [0.25, 0.3) is 5.91 Å². The smallest absolute Gasteiger partial charge is 0.258 e. The molecular weight excluding hydrogens is 234 g/mol. The van der Waals surface area contributed by atoms with E-state index < -0.39 is 0 Å². The monoisotopic (exact) mass is 247 g/mol. The van der Waals surface area contributed by atoms with Crippen molar-refractivity contribution in [3.8, 4) is 0 Å². The number of fused-ring (bicyclic) bond motifs is 3. The standard InChI is InChI=1S/C17H13NO/c19-17(12-6-2-1-3-7-12)18-15-9-5-4-8-13(15)14-10-11-16(14)18/h1-11,14,16H. The Morgan fingerprint density at radius 2 is 1.63 bits per heavy atom. The lowest BCUT2D eigenvalue weighted by atomic mass is 9.86. The van der Waals surface area contributed by atoms with Crippen LogP contribution in [0.3, 0.4) is 0 Å². The van der Waals surface area contributed by atoms with Gasteiger partial charge in [-0.3, -0.25) is 4.79 Å². The van der Waals surface area contributed by atoms with E-state index in [4.69, 9.17) is 0 Å². The normalized spacial score (nSPS) is 22.6. The van der Waals surface area contributed by atoms with Gasteiger partial charge in [-0.1, -0.05) is 48.6 Å². The maximum Gasteiger partial charge on any atom is 0.258 e. The molecule has 0 spiro atoms. The highest BCUT2D eigenvalue weighted by Gasteiger charge is 2.43. The number of anilines is 1. The molecule has 92 valence electrons. The quantitative estimate of drug-likeness (QED) is 0.707. The topological polar surface area (TPSA) is 20.3 Å². The second kappa shape index (κ2) is 3.82. The van der Waals surface area contributed by atoms with Gasteiger partial charge in [-0.25, -0.2) is 0 Å². The predicted octanol–water partition coefficient (Wildman–Crippen LogP) is 3.37. The van der Waals surface area contributed by atoms with E-state index in [0.29, 0.717) is 5.92 Å². The molecule has 19 heavy (non-hydrogen) atoms. The fourth-order valence-electron chi connectivity index (χ4n) is 2.97. The Bertz CT molecular complexity index is 675. The van der Waals surface area contributed by atoms with Crippen molar-refractivity contribution in [1.29, 1.82) is 0 Å². The van der Waals surface area contributed by atoms with Crippen LogP contribution < -0.4 is 4.90 Å². The first-order valence-corrected chi connectivity index (χ1v) is 6.52. The van der Waals surface area contributed by atoms with Gasteiger partial charge >= 0.3 is 0 Å². The van der Waals surface area contributed by atoms with Crippen LogP contribution in [0.2, 0.25) is 0 Å². The first-order chi connectivity index (χ1) is 9.36. The Kier molecular flexibility index (Phi) is 2.12. The minimum Gasteiger partial charge on any atom is -0.300 e. The molecule has 4 rings (SSSR count). The van der Waals surface area contributed by atoms with Crippen molar-refractivity contribution in [3.05, 3.63) is 77.9 Å². The maximum atomic E-state index is 12.7. The molecule has 1 heterocycles. The van der Waals surface area contributed by atoms with Crippen LogP contribution in [-0.2, 0) is 0 Å². The van der Waals surface area contributed by atoms with E-state index >= 15 is 0 Å². The molecule has 2 aliphatic rings. The van der Waals surface area contributed by atoms with Crippen molar-refractivity contribution in [3.63, 3.8) is 0 Å². The molecule has 1 aliphatic heterocycles. The number of carbonyl (C=O) groups is 1. The van der Waals surface area contributed by atoms with Gasteiger partial charge in [-0.2, -0.15) is 0 Å². The third kappa shape index (κ3) is 1.40. The first-order valence-electron chi connectivity index (χ1n) is 6.52. The number of nitrogens with zero attached hydrogens (tertiary/aromatic N) is 1. The number of hydrogen-bond donors (Lipinski definition) is 0. The van der Waals surface area contributed by atoms with E-state index in [1.807, 2.05) is 53.4 Å². The van der Waals surface area contributed by atoms with Crippen LogP contribution in [0.4, 0.5) is 5.69 Å². The van der Waals surface area contributed by atoms with Gasteiger partial charge < -0.3 is 4.90 Å². The summed E-state index contributed by atoms with van der Waals surface area (Å²) in [4.78, 5) is 14.6. The molecule has 1 amide bonds.